The van der Waals surface area contributed by atoms with Crippen LogP contribution in [0.4, 0.5) is 0 Å². The van der Waals surface area contributed by atoms with Crippen LogP contribution in [0, 0.1) is 13.8 Å². The third-order valence-electron chi connectivity index (χ3n) is 7.10. The minimum Gasteiger partial charge on any atom is -0.497 e. The van der Waals surface area contributed by atoms with Gasteiger partial charge in [0.25, 0.3) is 5.56 Å². The number of methoxy groups -OCH3 is 1. The molecule has 10 heteroatoms. The van der Waals surface area contributed by atoms with E-state index in [2.05, 4.69) is 4.99 Å². The fourth-order valence-corrected chi connectivity index (χ4v) is 6.49. The number of ether oxygens (including phenoxy) is 3. The number of benzene rings is 3. The average molecular weight is 638 g/mol. The van der Waals surface area contributed by atoms with Crippen LogP contribution in [0.2, 0.25) is 10.0 Å². The summed E-state index contributed by atoms with van der Waals surface area (Å²) in [7, 11) is 1.59. The lowest BCUT2D eigenvalue weighted by Crippen LogP contribution is -2.39. The van der Waals surface area contributed by atoms with Crippen molar-refractivity contribution in [2.45, 2.75) is 40.3 Å². The van der Waals surface area contributed by atoms with E-state index in [9.17, 15) is 9.59 Å². The van der Waals surface area contributed by atoms with E-state index < -0.39 is 12.0 Å². The number of aromatic nitrogens is 1. The van der Waals surface area contributed by atoms with E-state index in [1.807, 2.05) is 50.3 Å². The van der Waals surface area contributed by atoms with Crippen molar-refractivity contribution in [3.05, 3.63) is 123 Å². The quantitative estimate of drug-likeness (QED) is 0.212. The van der Waals surface area contributed by atoms with Crippen molar-refractivity contribution in [3.63, 3.8) is 0 Å². The maximum atomic E-state index is 13.9. The van der Waals surface area contributed by atoms with Gasteiger partial charge in [-0.3, -0.25) is 9.36 Å². The highest BCUT2D eigenvalue weighted by Gasteiger charge is 2.33. The molecule has 0 N–H and O–H groups in total. The molecule has 0 saturated carbocycles. The Hall–Kier alpha value is -3.85. The highest BCUT2D eigenvalue weighted by Crippen LogP contribution is 2.32. The number of carbonyl (C=O) groups is 1. The van der Waals surface area contributed by atoms with E-state index in [-0.39, 0.29) is 12.2 Å². The highest BCUT2D eigenvalue weighted by molar-refractivity contribution is 7.07. The number of hydrogen-bond donors (Lipinski definition) is 0. The zero-order valence-corrected chi connectivity index (χ0v) is 26.7. The summed E-state index contributed by atoms with van der Waals surface area (Å²) in [6.45, 7) is 8.00. The minimum atomic E-state index is -0.691. The zero-order valence-electron chi connectivity index (χ0n) is 24.4. The van der Waals surface area contributed by atoms with Crippen molar-refractivity contribution in [1.82, 2.24) is 4.57 Å². The lowest BCUT2D eigenvalue weighted by molar-refractivity contribution is -0.139. The van der Waals surface area contributed by atoms with Crippen molar-refractivity contribution in [2.75, 3.05) is 13.7 Å². The lowest BCUT2D eigenvalue weighted by atomic mass is 9.96. The van der Waals surface area contributed by atoms with Gasteiger partial charge in [0, 0.05) is 0 Å². The summed E-state index contributed by atoms with van der Waals surface area (Å²) in [6, 6.07) is 16.0. The largest absolute Gasteiger partial charge is 0.497 e. The Kier molecular flexibility index (Phi) is 9.11. The Morgan fingerprint density at radius 3 is 2.35 bits per heavy atom. The molecule has 2 heterocycles. The zero-order chi connectivity index (χ0) is 30.8. The molecule has 1 aliphatic rings. The molecule has 222 valence electrons. The number of esters is 1. The average Bonchev–Trinajstić information content (AvgIpc) is 3.27. The Bertz CT molecular complexity index is 1900. The van der Waals surface area contributed by atoms with Gasteiger partial charge in [-0.25, -0.2) is 9.79 Å². The molecule has 0 spiro atoms. The number of nitrogens with zero attached hydrogens (tertiary/aromatic N) is 2. The predicted molar refractivity (Wildman–Crippen MR) is 170 cm³/mol. The minimum absolute atomic E-state index is 0.210. The smallest absolute Gasteiger partial charge is 0.338 e. The number of carbonyl (C=O) groups excluding carboxylic acids is 1. The number of halogens is 2. The second-order valence-corrected chi connectivity index (χ2v) is 11.9. The first kappa shape index (κ1) is 30.6. The Balaban J connectivity index is 1.54. The SMILES string of the molecule is CCOC(=O)C1=C(C)N=c2s/c(=C\c3cc(C)c(OCc4ccc(Cl)c(Cl)c4)c(C)c3)c(=O)n2[C@@H]1c1ccc(OC)cc1. The summed E-state index contributed by atoms with van der Waals surface area (Å²) in [5.74, 6) is 0.935. The first-order valence-corrected chi connectivity index (χ1v) is 15.2. The van der Waals surface area contributed by atoms with Gasteiger partial charge in [-0.05, 0) is 98.0 Å². The lowest BCUT2D eigenvalue weighted by Gasteiger charge is -2.24. The van der Waals surface area contributed by atoms with Crippen LogP contribution in [0.25, 0.3) is 6.08 Å². The van der Waals surface area contributed by atoms with Gasteiger partial charge >= 0.3 is 5.97 Å². The number of rotatable bonds is 8. The second kappa shape index (κ2) is 12.8. The van der Waals surface area contributed by atoms with Gasteiger partial charge in [0.05, 0.1) is 45.6 Å². The Morgan fingerprint density at radius 2 is 1.72 bits per heavy atom. The molecular formula is C33H30Cl2N2O5S. The monoisotopic (exact) mass is 636 g/mol. The number of thiazole rings is 1. The van der Waals surface area contributed by atoms with Crippen LogP contribution in [-0.2, 0) is 16.1 Å². The second-order valence-electron chi connectivity index (χ2n) is 10.1. The van der Waals surface area contributed by atoms with Gasteiger partial charge in [-0.1, -0.05) is 52.7 Å². The molecule has 4 aromatic rings. The Labute approximate surface area is 263 Å². The number of fused-ring (bicyclic) bond motifs is 1. The van der Waals surface area contributed by atoms with E-state index in [4.69, 9.17) is 37.4 Å². The van der Waals surface area contributed by atoms with E-state index in [1.165, 1.54) is 11.3 Å². The summed E-state index contributed by atoms with van der Waals surface area (Å²) < 4.78 is 18.9. The van der Waals surface area contributed by atoms with Crippen LogP contribution >= 0.6 is 34.5 Å². The maximum absolute atomic E-state index is 13.9. The molecule has 0 unspecified atom stereocenters. The topological polar surface area (TPSA) is 79.1 Å². The van der Waals surface area contributed by atoms with E-state index >= 15 is 0 Å². The predicted octanol–water partition coefficient (Wildman–Crippen LogP) is 6.31. The number of allylic oxidation sites excluding steroid dienone is 1. The maximum Gasteiger partial charge on any atom is 0.338 e. The molecule has 0 fully saturated rings. The van der Waals surface area contributed by atoms with Crippen LogP contribution in [0.3, 0.4) is 0 Å². The molecule has 0 saturated heterocycles. The Morgan fingerprint density at radius 1 is 1.02 bits per heavy atom. The van der Waals surface area contributed by atoms with Crippen LogP contribution in [0.5, 0.6) is 11.5 Å². The van der Waals surface area contributed by atoms with Crippen LogP contribution in [0.1, 0.15) is 47.7 Å². The van der Waals surface area contributed by atoms with E-state index in [1.54, 1.807) is 49.8 Å². The summed E-state index contributed by atoms with van der Waals surface area (Å²) in [5.41, 5.74) is 4.97. The van der Waals surface area contributed by atoms with Crippen molar-refractivity contribution in [1.29, 1.82) is 0 Å². The first-order chi connectivity index (χ1) is 20.6. The first-order valence-electron chi connectivity index (χ1n) is 13.6. The van der Waals surface area contributed by atoms with Gasteiger partial charge in [0.2, 0.25) is 0 Å². The molecule has 7 nitrogen and oxygen atoms in total. The van der Waals surface area contributed by atoms with Gasteiger partial charge in [-0.2, -0.15) is 0 Å². The number of hydrogen-bond acceptors (Lipinski definition) is 7. The van der Waals surface area contributed by atoms with Gasteiger partial charge in [0.15, 0.2) is 4.80 Å². The molecule has 43 heavy (non-hydrogen) atoms. The van der Waals surface area contributed by atoms with Gasteiger partial charge in [0.1, 0.15) is 18.1 Å². The molecule has 0 radical (unpaired) electrons. The van der Waals surface area contributed by atoms with E-state index in [0.717, 1.165) is 33.6 Å². The molecule has 3 aromatic carbocycles. The third-order valence-corrected chi connectivity index (χ3v) is 8.82. The van der Waals surface area contributed by atoms with Crippen molar-refractivity contribution in [2.24, 2.45) is 4.99 Å². The standard InChI is InChI=1S/C33H30Cl2N2O5S/c1-6-41-32(39)28-20(4)36-33-37(29(28)23-8-10-24(40-5)11-9-23)31(38)27(43-33)16-22-13-18(2)30(19(3)14-22)42-17-21-7-12-25(34)26(35)15-21/h7-16,29H,6,17H2,1-5H3/b27-16-/t29-/m1/s1. The normalized spacial score (nSPS) is 14.8. The van der Waals surface area contributed by atoms with Crippen LogP contribution < -0.4 is 24.4 Å². The van der Waals surface area contributed by atoms with Crippen LogP contribution in [0.15, 0.2) is 75.7 Å². The van der Waals surface area contributed by atoms with Crippen molar-refractivity contribution < 1.29 is 19.0 Å². The summed E-state index contributed by atoms with van der Waals surface area (Å²) >= 11 is 13.5. The van der Waals surface area contributed by atoms with E-state index in [0.29, 0.717) is 43.0 Å². The molecular weight excluding hydrogens is 607 g/mol. The fourth-order valence-electron chi connectivity index (χ4n) is 5.12. The molecule has 5 rings (SSSR count). The van der Waals surface area contributed by atoms with Crippen molar-refractivity contribution in [3.8, 4) is 11.5 Å². The van der Waals surface area contributed by atoms with Crippen molar-refractivity contribution >= 4 is 46.6 Å². The summed E-state index contributed by atoms with van der Waals surface area (Å²) in [6.07, 6.45) is 1.85. The van der Waals surface area contributed by atoms with Gasteiger partial charge < -0.3 is 14.2 Å². The summed E-state index contributed by atoms with van der Waals surface area (Å²) in [5, 5.41) is 0.974. The molecule has 0 aliphatic carbocycles. The number of aryl methyl sites for hydroxylation is 2. The summed E-state index contributed by atoms with van der Waals surface area (Å²) in [4.78, 5) is 32.2. The molecule has 1 atom stereocenters. The highest BCUT2D eigenvalue weighted by atomic mass is 35.5. The van der Waals surface area contributed by atoms with Crippen LogP contribution in [-0.4, -0.2) is 24.3 Å². The third kappa shape index (κ3) is 6.27. The molecule has 0 bridgehead atoms. The molecule has 0 amide bonds. The fraction of sp³-hybridized carbons (Fsp3) is 0.242. The van der Waals surface area contributed by atoms with Gasteiger partial charge in [-0.15, -0.1) is 0 Å². The molecule has 1 aromatic heterocycles. The molecule has 1 aliphatic heterocycles.